The molecule has 108 valence electrons. The molecule has 2 aliphatic rings. The smallest absolute Gasteiger partial charge is 0.317 e. The number of para-hydroxylation sites is 1. The number of rotatable bonds is 3. The lowest BCUT2D eigenvalue weighted by molar-refractivity contribution is 0.173. The highest BCUT2D eigenvalue weighted by atomic mass is 16.3. The van der Waals surface area contributed by atoms with Crippen molar-refractivity contribution < 1.29 is 9.90 Å². The van der Waals surface area contributed by atoms with Crippen LogP contribution in [-0.2, 0) is 0 Å². The minimum atomic E-state index is -0.424. The van der Waals surface area contributed by atoms with Crippen molar-refractivity contribution in [2.75, 3.05) is 31.1 Å². The van der Waals surface area contributed by atoms with Crippen LogP contribution in [0.1, 0.15) is 25.0 Å². The fourth-order valence-corrected chi connectivity index (χ4v) is 3.10. The van der Waals surface area contributed by atoms with Gasteiger partial charge < -0.3 is 20.2 Å². The lowest BCUT2D eigenvalue weighted by Crippen LogP contribution is -2.52. The van der Waals surface area contributed by atoms with Crippen LogP contribution in [0.4, 0.5) is 10.5 Å². The van der Waals surface area contributed by atoms with Crippen molar-refractivity contribution in [1.29, 1.82) is 0 Å². The van der Waals surface area contributed by atoms with Gasteiger partial charge in [0.25, 0.3) is 0 Å². The van der Waals surface area contributed by atoms with E-state index in [0.29, 0.717) is 13.0 Å². The lowest BCUT2D eigenvalue weighted by Gasteiger charge is -2.39. The average molecular weight is 275 g/mol. The monoisotopic (exact) mass is 275 g/mol. The van der Waals surface area contributed by atoms with Gasteiger partial charge in [0.15, 0.2) is 0 Å². The maximum Gasteiger partial charge on any atom is 0.317 e. The zero-order valence-electron chi connectivity index (χ0n) is 11.7. The second kappa shape index (κ2) is 5.32. The molecule has 0 bridgehead atoms. The SMILES string of the molecule is CCC(O)c1ccccc1N1CCN2C(=O)NCC2C1. The van der Waals surface area contributed by atoms with E-state index >= 15 is 0 Å². The van der Waals surface area contributed by atoms with Crippen LogP contribution in [0.2, 0.25) is 0 Å². The Morgan fingerprint density at radius 2 is 2.20 bits per heavy atom. The van der Waals surface area contributed by atoms with Crippen LogP contribution in [-0.4, -0.2) is 48.3 Å². The quantitative estimate of drug-likeness (QED) is 0.875. The molecule has 5 nitrogen and oxygen atoms in total. The van der Waals surface area contributed by atoms with E-state index in [4.69, 9.17) is 0 Å². The standard InChI is InChI=1S/C15H21N3O2/c1-2-14(19)12-5-3-4-6-13(12)17-7-8-18-11(10-17)9-16-15(18)20/h3-6,11,14,19H,2,7-10H2,1H3,(H,16,20). The van der Waals surface area contributed by atoms with Crippen LogP contribution in [0.15, 0.2) is 24.3 Å². The van der Waals surface area contributed by atoms with Crippen LogP contribution in [0.5, 0.6) is 0 Å². The molecule has 0 saturated carbocycles. The number of carbonyl (C=O) groups is 1. The number of nitrogens with zero attached hydrogens (tertiary/aromatic N) is 2. The summed E-state index contributed by atoms with van der Waals surface area (Å²) in [5.41, 5.74) is 2.08. The van der Waals surface area contributed by atoms with E-state index in [2.05, 4.69) is 16.3 Å². The highest BCUT2D eigenvalue weighted by Gasteiger charge is 2.36. The Labute approximate surface area is 119 Å². The number of aliphatic hydroxyl groups is 1. The molecule has 2 saturated heterocycles. The van der Waals surface area contributed by atoms with Crippen molar-refractivity contribution in [3.8, 4) is 0 Å². The average Bonchev–Trinajstić information content (AvgIpc) is 2.87. The molecule has 3 rings (SSSR count). The molecule has 2 heterocycles. The molecular weight excluding hydrogens is 254 g/mol. The summed E-state index contributed by atoms with van der Waals surface area (Å²) in [6.45, 7) is 5.09. The molecule has 2 N–H and O–H groups in total. The van der Waals surface area contributed by atoms with Crippen molar-refractivity contribution in [3.63, 3.8) is 0 Å². The Bertz CT molecular complexity index is 506. The van der Waals surface area contributed by atoms with Gasteiger partial charge in [-0.1, -0.05) is 25.1 Å². The second-order valence-electron chi connectivity index (χ2n) is 5.46. The summed E-state index contributed by atoms with van der Waals surface area (Å²) >= 11 is 0. The van der Waals surface area contributed by atoms with Gasteiger partial charge in [0.05, 0.1) is 12.1 Å². The summed E-state index contributed by atoms with van der Waals surface area (Å²) in [5.74, 6) is 0. The molecule has 0 spiro atoms. The first-order chi connectivity index (χ1) is 9.70. The number of aliphatic hydroxyl groups excluding tert-OH is 1. The number of nitrogens with one attached hydrogen (secondary N) is 1. The summed E-state index contributed by atoms with van der Waals surface area (Å²) < 4.78 is 0. The highest BCUT2D eigenvalue weighted by molar-refractivity contribution is 5.77. The van der Waals surface area contributed by atoms with E-state index in [9.17, 15) is 9.90 Å². The van der Waals surface area contributed by atoms with Crippen LogP contribution < -0.4 is 10.2 Å². The Morgan fingerprint density at radius 3 is 3.00 bits per heavy atom. The van der Waals surface area contributed by atoms with Gasteiger partial charge >= 0.3 is 6.03 Å². The van der Waals surface area contributed by atoms with Crippen LogP contribution in [0, 0.1) is 0 Å². The number of amides is 2. The summed E-state index contributed by atoms with van der Waals surface area (Å²) in [6.07, 6.45) is 0.285. The first-order valence-corrected chi connectivity index (χ1v) is 7.27. The number of fused-ring (bicyclic) bond motifs is 1. The van der Waals surface area contributed by atoms with E-state index in [-0.39, 0.29) is 12.1 Å². The number of urea groups is 1. The Hall–Kier alpha value is -1.75. The van der Waals surface area contributed by atoms with Gasteiger partial charge in [-0.3, -0.25) is 0 Å². The van der Waals surface area contributed by atoms with Crippen LogP contribution >= 0.6 is 0 Å². The van der Waals surface area contributed by atoms with Gasteiger partial charge in [-0.2, -0.15) is 0 Å². The predicted octanol–water partition coefficient (Wildman–Crippen LogP) is 1.34. The molecule has 1 aromatic carbocycles. The highest BCUT2D eigenvalue weighted by Crippen LogP contribution is 2.30. The zero-order valence-corrected chi connectivity index (χ0v) is 11.7. The van der Waals surface area contributed by atoms with Crippen molar-refractivity contribution in [3.05, 3.63) is 29.8 Å². The van der Waals surface area contributed by atoms with Crippen LogP contribution in [0.25, 0.3) is 0 Å². The summed E-state index contributed by atoms with van der Waals surface area (Å²) in [6, 6.07) is 8.32. The molecule has 1 aromatic rings. The molecule has 2 unspecified atom stereocenters. The molecule has 20 heavy (non-hydrogen) atoms. The third-order valence-corrected chi connectivity index (χ3v) is 4.26. The first kappa shape index (κ1) is 13.2. The summed E-state index contributed by atoms with van der Waals surface area (Å²) in [5, 5.41) is 13.1. The van der Waals surface area contributed by atoms with Crippen LogP contribution in [0.3, 0.4) is 0 Å². The Balaban J connectivity index is 1.82. The van der Waals surface area contributed by atoms with Crippen molar-refractivity contribution in [1.82, 2.24) is 10.2 Å². The number of carbonyl (C=O) groups excluding carboxylic acids is 1. The van der Waals surface area contributed by atoms with E-state index in [1.54, 1.807) is 0 Å². The normalized spacial score (nSPS) is 23.5. The number of hydrogen-bond donors (Lipinski definition) is 2. The largest absolute Gasteiger partial charge is 0.388 e. The number of piperazine rings is 1. The van der Waals surface area contributed by atoms with Gasteiger partial charge in [0.2, 0.25) is 0 Å². The van der Waals surface area contributed by atoms with E-state index in [1.807, 2.05) is 30.0 Å². The molecule has 5 heteroatoms. The molecule has 2 atom stereocenters. The molecule has 0 aromatic heterocycles. The molecular formula is C15H21N3O2. The first-order valence-electron chi connectivity index (χ1n) is 7.27. The topological polar surface area (TPSA) is 55.8 Å². The van der Waals surface area contributed by atoms with Gasteiger partial charge in [-0.05, 0) is 12.5 Å². The molecule has 2 aliphatic heterocycles. The molecule has 0 aliphatic carbocycles. The van der Waals surface area contributed by atoms with E-state index in [0.717, 1.165) is 30.9 Å². The summed E-state index contributed by atoms with van der Waals surface area (Å²) in [4.78, 5) is 15.8. The third kappa shape index (κ3) is 2.22. The minimum Gasteiger partial charge on any atom is -0.388 e. The Kier molecular flexibility index (Phi) is 3.53. The number of anilines is 1. The Morgan fingerprint density at radius 1 is 1.40 bits per heavy atom. The minimum absolute atomic E-state index is 0.0523. The lowest BCUT2D eigenvalue weighted by atomic mass is 10.0. The fraction of sp³-hybridized carbons (Fsp3) is 0.533. The number of benzene rings is 1. The van der Waals surface area contributed by atoms with E-state index in [1.165, 1.54) is 0 Å². The van der Waals surface area contributed by atoms with Gasteiger partial charge in [0.1, 0.15) is 0 Å². The van der Waals surface area contributed by atoms with E-state index < -0.39 is 6.10 Å². The van der Waals surface area contributed by atoms with Gasteiger partial charge in [-0.15, -0.1) is 0 Å². The predicted molar refractivity (Wildman–Crippen MR) is 77.8 cm³/mol. The van der Waals surface area contributed by atoms with Gasteiger partial charge in [-0.25, -0.2) is 4.79 Å². The molecule has 2 fully saturated rings. The third-order valence-electron chi connectivity index (χ3n) is 4.26. The van der Waals surface area contributed by atoms with Crippen molar-refractivity contribution in [2.45, 2.75) is 25.5 Å². The maximum atomic E-state index is 11.6. The van der Waals surface area contributed by atoms with Crippen molar-refractivity contribution >= 4 is 11.7 Å². The van der Waals surface area contributed by atoms with Gasteiger partial charge in [0, 0.05) is 37.4 Å². The second-order valence-corrected chi connectivity index (χ2v) is 5.46. The molecule has 0 radical (unpaired) electrons. The van der Waals surface area contributed by atoms with Crippen molar-refractivity contribution in [2.24, 2.45) is 0 Å². The molecule has 2 amide bonds. The number of hydrogen-bond acceptors (Lipinski definition) is 3. The zero-order chi connectivity index (χ0) is 14.1. The fourth-order valence-electron chi connectivity index (χ4n) is 3.10. The summed E-state index contributed by atoms with van der Waals surface area (Å²) in [7, 11) is 0. The maximum absolute atomic E-state index is 11.6.